The first kappa shape index (κ1) is 13.1. The summed E-state index contributed by atoms with van der Waals surface area (Å²) in [5.74, 6) is 0.421. The second-order valence-corrected chi connectivity index (χ2v) is 6.30. The van der Waals surface area contributed by atoms with Gasteiger partial charge in [-0.15, -0.1) is 0 Å². The van der Waals surface area contributed by atoms with Gasteiger partial charge >= 0.3 is 0 Å². The Bertz CT molecular complexity index is 305. The summed E-state index contributed by atoms with van der Waals surface area (Å²) in [6, 6.07) is -0.152. The van der Waals surface area contributed by atoms with Crippen LogP contribution in [0.1, 0.15) is 46.0 Å². The van der Waals surface area contributed by atoms with E-state index in [1.165, 1.54) is 0 Å². The zero-order valence-electron chi connectivity index (χ0n) is 11.1. The largest absolute Gasteiger partial charge is 0.633 e. The average molecular weight is 239 g/mol. The number of hydrogen-bond donors (Lipinski definition) is 1. The molecule has 2 aliphatic rings. The summed E-state index contributed by atoms with van der Waals surface area (Å²) in [4.78, 5) is 0. The molecular formula is C14H25NO2. The predicted molar refractivity (Wildman–Crippen MR) is 69.2 cm³/mol. The van der Waals surface area contributed by atoms with E-state index in [0.717, 1.165) is 37.7 Å². The van der Waals surface area contributed by atoms with Crippen LogP contribution in [0.2, 0.25) is 0 Å². The molecule has 1 unspecified atom stereocenters. The van der Waals surface area contributed by atoms with E-state index in [4.69, 9.17) is 0 Å². The van der Waals surface area contributed by atoms with Crippen LogP contribution in [-0.4, -0.2) is 34.5 Å². The first-order valence-corrected chi connectivity index (χ1v) is 6.81. The molecule has 0 aromatic heterocycles. The molecule has 98 valence electrons. The van der Waals surface area contributed by atoms with E-state index in [1.807, 2.05) is 13.8 Å². The molecule has 3 atom stereocenters. The van der Waals surface area contributed by atoms with Crippen molar-refractivity contribution in [3.8, 4) is 0 Å². The first-order chi connectivity index (χ1) is 7.85. The van der Waals surface area contributed by atoms with E-state index in [-0.39, 0.29) is 10.7 Å². The number of allylic oxidation sites excluding steroid dienone is 1. The molecule has 17 heavy (non-hydrogen) atoms. The molecule has 1 heterocycles. The molecule has 0 radical (unpaired) electrons. The molecule has 2 rings (SSSR count). The molecule has 0 bridgehead atoms. The number of likely N-dealkylation sites (tertiary alicyclic amines) is 1. The Morgan fingerprint density at radius 1 is 1.41 bits per heavy atom. The summed E-state index contributed by atoms with van der Waals surface area (Å²) in [5, 5.41) is 23.3. The van der Waals surface area contributed by atoms with Crippen LogP contribution in [0.3, 0.4) is 0 Å². The van der Waals surface area contributed by atoms with Crippen molar-refractivity contribution in [1.29, 1.82) is 0 Å². The smallest absolute Gasteiger partial charge is 0.118 e. The average Bonchev–Trinajstić information content (AvgIpc) is 2.65. The molecule has 3 heteroatoms. The second-order valence-electron chi connectivity index (χ2n) is 6.30. The third kappa shape index (κ3) is 2.42. The zero-order chi connectivity index (χ0) is 12.7. The van der Waals surface area contributed by atoms with E-state index < -0.39 is 5.60 Å². The van der Waals surface area contributed by atoms with Gasteiger partial charge in [0.05, 0.1) is 13.1 Å². The molecule has 2 fully saturated rings. The summed E-state index contributed by atoms with van der Waals surface area (Å²) < 4.78 is -0.170. The maximum absolute atomic E-state index is 12.8. The van der Waals surface area contributed by atoms with Crippen molar-refractivity contribution in [3.05, 3.63) is 17.4 Å². The number of aliphatic hydroxyl groups is 1. The van der Waals surface area contributed by atoms with Gasteiger partial charge in [-0.25, -0.2) is 0 Å². The van der Waals surface area contributed by atoms with Crippen molar-refractivity contribution in [2.24, 2.45) is 5.92 Å². The maximum Gasteiger partial charge on any atom is 0.118 e. The predicted octanol–water partition coefficient (Wildman–Crippen LogP) is 2.59. The van der Waals surface area contributed by atoms with E-state index >= 15 is 0 Å². The fourth-order valence-electron chi connectivity index (χ4n) is 3.60. The summed E-state index contributed by atoms with van der Waals surface area (Å²) in [6.07, 6.45) is 4.53. The molecule has 0 spiro atoms. The quantitative estimate of drug-likeness (QED) is 0.457. The molecule has 1 saturated carbocycles. The van der Waals surface area contributed by atoms with Crippen LogP contribution in [-0.2, 0) is 0 Å². The van der Waals surface area contributed by atoms with Crippen molar-refractivity contribution in [1.82, 2.24) is 0 Å². The second kappa shape index (κ2) is 4.38. The fraction of sp³-hybridized carbons (Fsp3) is 0.857. The van der Waals surface area contributed by atoms with Gasteiger partial charge in [-0.1, -0.05) is 12.2 Å². The Morgan fingerprint density at radius 3 is 2.53 bits per heavy atom. The Balaban J connectivity index is 2.18. The number of quaternary nitrogens is 1. The molecule has 3 nitrogen and oxygen atoms in total. The highest BCUT2D eigenvalue weighted by Gasteiger charge is 2.48. The van der Waals surface area contributed by atoms with E-state index in [9.17, 15) is 10.3 Å². The lowest BCUT2D eigenvalue weighted by Crippen LogP contribution is -2.61. The van der Waals surface area contributed by atoms with Gasteiger partial charge in [-0.2, -0.15) is 0 Å². The van der Waals surface area contributed by atoms with Crippen molar-refractivity contribution in [2.75, 3.05) is 13.1 Å². The molecule has 1 aliphatic carbocycles. The van der Waals surface area contributed by atoms with Gasteiger partial charge < -0.3 is 15.0 Å². The van der Waals surface area contributed by atoms with Crippen molar-refractivity contribution >= 4 is 0 Å². The summed E-state index contributed by atoms with van der Waals surface area (Å²) in [6.45, 7) is 9.28. The highest BCUT2D eigenvalue weighted by Crippen LogP contribution is 2.42. The van der Waals surface area contributed by atoms with Crippen LogP contribution in [0.5, 0.6) is 0 Å². The lowest BCUT2D eigenvalue weighted by atomic mass is 9.73. The Labute approximate surface area is 104 Å². The molecule has 1 aliphatic heterocycles. The number of nitrogens with zero attached hydrogens (tertiary/aromatic N) is 1. The third-order valence-corrected chi connectivity index (χ3v) is 4.81. The molecule has 0 amide bonds. The van der Waals surface area contributed by atoms with Gasteiger partial charge in [-0.3, -0.25) is 0 Å². The summed E-state index contributed by atoms with van der Waals surface area (Å²) in [5.41, 5.74) is 0.370. The van der Waals surface area contributed by atoms with Crippen molar-refractivity contribution in [2.45, 2.75) is 57.6 Å². The van der Waals surface area contributed by atoms with Gasteiger partial charge in [0.15, 0.2) is 0 Å². The fourth-order valence-corrected chi connectivity index (χ4v) is 3.60. The van der Waals surface area contributed by atoms with Gasteiger partial charge in [0, 0.05) is 19.3 Å². The minimum absolute atomic E-state index is 0.152. The monoisotopic (exact) mass is 239 g/mol. The SMILES string of the molecule is C=C(C)C1CC[C@@](C)(O)[C@H]([N+]2([O-])CCCC2)C1. The molecule has 0 aromatic rings. The first-order valence-electron chi connectivity index (χ1n) is 6.81. The molecule has 1 N–H and O–H groups in total. The standard InChI is InChI=1S/C14H25NO2/c1-11(2)12-6-7-14(3,16)13(10-12)15(17)8-4-5-9-15/h12-13,16H,1,4-10H2,2-3H3/t12?,13-,14-/m1/s1. The normalized spacial score (nSPS) is 41.4. The van der Waals surface area contributed by atoms with E-state index in [2.05, 4.69) is 6.58 Å². The van der Waals surface area contributed by atoms with Crippen LogP contribution < -0.4 is 0 Å². The van der Waals surface area contributed by atoms with Gasteiger partial charge in [0.2, 0.25) is 0 Å². The molecular weight excluding hydrogens is 214 g/mol. The minimum Gasteiger partial charge on any atom is -0.633 e. The lowest BCUT2D eigenvalue weighted by Gasteiger charge is -2.54. The van der Waals surface area contributed by atoms with Gasteiger partial charge in [0.1, 0.15) is 11.6 Å². The van der Waals surface area contributed by atoms with Crippen molar-refractivity contribution in [3.63, 3.8) is 0 Å². The van der Waals surface area contributed by atoms with Crippen LogP contribution >= 0.6 is 0 Å². The van der Waals surface area contributed by atoms with Crippen LogP contribution in [0.15, 0.2) is 12.2 Å². The Morgan fingerprint density at radius 2 is 2.00 bits per heavy atom. The van der Waals surface area contributed by atoms with E-state index in [0.29, 0.717) is 19.0 Å². The molecule has 0 aromatic carbocycles. The molecule has 1 saturated heterocycles. The number of hydroxylamine groups is 3. The Kier molecular flexibility index (Phi) is 3.36. The van der Waals surface area contributed by atoms with E-state index in [1.54, 1.807) is 0 Å². The highest BCUT2D eigenvalue weighted by molar-refractivity contribution is 5.03. The highest BCUT2D eigenvalue weighted by atomic mass is 16.6. The zero-order valence-corrected chi connectivity index (χ0v) is 11.1. The van der Waals surface area contributed by atoms with Crippen LogP contribution in [0.25, 0.3) is 0 Å². The topological polar surface area (TPSA) is 43.3 Å². The Hall–Kier alpha value is -0.380. The third-order valence-electron chi connectivity index (χ3n) is 4.81. The minimum atomic E-state index is -0.794. The number of rotatable bonds is 2. The lowest BCUT2D eigenvalue weighted by molar-refractivity contribution is -0.903. The van der Waals surface area contributed by atoms with Crippen molar-refractivity contribution < 1.29 is 9.75 Å². The summed E-state index contributed by atoms with van der Waals surface area (Å²) >= 11 is 0. The van der Waals surface area contributed by atoms with Crippen LogP contribution in [0, 0.1) is 11.1 Å². The van der Waals surface area contributed by atoms with Crippen LogP contribution in [0.4, 0.5) is 0 Å². The maximum atomic E-state index is 12.8. The number of hydrogen-bond acceptors (Lipinski definition) is 2. The summed E-state index contributed by atoms with van der Waals surface area (Å²) in [7, 11) is 0. The van der Waals surface area contributed by atoms with Gasteiger partial charge in [-0.05, 0) is 32.6 Å². The van der Waals surface area contributed by atoms with Gasteiger partial charge in [0.25, 0.3) is 0 Å².